The topological polar surface area (TPSA) is 49.0 Å². The lowest BCUT2D eigenvalue weighted by Gasteiger charge is -2.37. The standard InChI is InChI=1S/C19H25N3O/c1-14-6-8-16(9-7-14)19(2,3)18(23)22-12-4-5-15(13-22)17-20-10-11-21-17/h6-11,15H,4-5,12-13H2,1-3H3,(H,20,21)/t15-/m0/s1. The predicted octanol–water partition coefficient (Wildman–Crippen LogP) is 3.40. The summed E-state index contributed by atoms with van der Waals surface area (Å²) in [7, 11) is 0. The van der Waals surface area contributed by atoms with Crippen LogP contribution in [0, 0.1) is 6.92 Å². The molecule has 0 radical (unpaired) electrons. The van der Waals surface area contributed by atoms with E-state index in [0.29, 0.717) is 5.92 Å². The number of rotatable bonds is 3. The van der Waals surface area contributed by atoms with Gasteiger partial charge in [-0.1, -0.05) is 29.8 Å². The molecule has 1 aliphatic heterocycles. The molecular weight excluding hydrogens is 286 g/mol. The molecule has 1 aromatic heterocycles. The van der Waals surface area contributed by atoms with Crippen LogP contribution in [0.15, 0.2) is 36.7 Å². The number of carbonyl (C=O) groups is 1. The Bertz CT molecular complexity index is 658. The molecule has 23 heavy (non-hydrogen) atoms. The zero-order chi connectivity index (χ0) is 16.4. The SMILES string of the molecule is Cc1ccc(C(C)(C)C(=O)N2CCC[C@H](c3ncc[nH]3)C2)cc1. The van der Waals surface area contributed by atoms with Crippen LogP contribution in [0.4, 0.5) is 0 Å². The molecule has 1 aliphatic rings. The third kappa shape index (κ3) is 3.16. The monoisotopic (exact) mass is 311 g/mol. The van der Waals surface area contributed by atoms with Gasteiger partial charge in [-0.2, -0.15) is 0 Å². The average molecular weight is 311 g/mol. The number of amides is 1. The maximum Gasteiger partial charge on any atom is 0.232 e. The molecule has 0 bridgehead atoms. The fourth-order valence-corrected chi connectivity index (χ4v) is 3.37. The number of aromatic nitrogens is 2. The summed E-state index contributed by atoms with van der Waals surface area (Å²) in [5, 5.41) is 0. The van der Waals surface area contributed by atoms with Gasteiger partial charge in [-0.25, -0.2) is 4.98 Å². The minimum Gasteiger partial charge on any atom is -0.348 e. The molecule has 4 nitrogen and oxygen atoms in total. The van der Waals surface area contributed by atoms with E-state index in [-0.39, 0.29) is 5.91 Å². The molecule has 1 fully saturated rings. The first kappa shape index (κ1) is 15.8. The number of carbonyl (C=O) groups excluding carboxylic acids is 1. The summed E-state index contributed by atoms with van der Waals surface area (Å²) in [6, 6.07) is 8.29. The summed E-state index contributed by atoms with van der Waals surface area (Å²) in [6.45, 7) is 7.71. The highest BCUT2D eigenvalue weighted by Gasteiger charge is 2.36. The van der Waals surface area contributed by atoms with Crippen LogP contribution in [-0.2, 0) is 10.2 Å². The number of imidazole rings is 1. The smallest absolute Gasteiger partial charge is 0.232 e. The Hall–Kier alpha value is -2.10. The van der Waals surface area contributed by atoms with Gasteiger partial charge in [0.1, 0.15) is 5.82 Å². The number of hydrogen-bond acceptors (Lipinski definition) is 2. The molecule has 0 unspecified atom stereocenters. The fraction of sp³-hybridized carbons (Fsp3) is 0.474. The second kappa shape index (κ2) is 6.19. The van der Waals surface area contributed by atoms with Gasteiger partial charge in [-0.15, -0.1) is 0 Å². The van der Waals surface area contributed by atoms with Crippen molar-refractivity contribution < 1.29 is 4.79 Å². The molecule has 0 aliphatic carbocycles. The molecule has 1 saturated heterocycles. The highest BCUT2D eigenvalue weighted by molar-refractivity contribution is 5.87. The van der Waals surface area contributed by atoms with Gasteiger partial charge in [0, 0.05) is 31.4 Å². The Morgan fingerprint density at radius 2 is 2.04 bits per heavy atom. The Kier molecular flexibility index (Phi) is 4.24. The Balaban J connectivity index is 1.77. The number of nitrogens with one attached hydrogen (secondary N) is 1. The van der Waals surface area contributed by atoms with Crippen molar-refractivity contribution in [3.63, 3.8) is 0 Å². The first-order valence-electron chi connectivity index (χ1n) is 8.34. The van der Waals surface area contributed by atoms with E-state index in [2.05, 4.69) is 41.2 Å². The maximum atomic E-state index is 13.1. The van der Waals surface area contributed by atoms with Crippen molar-refractivity contribution in [2.75, 3.05) is 13.1 Å². The number of H-pyrrole nitrogens is 1. The largest absolute Gasteiger partial charge is 0.348 e. The number of aryl methyl sites for hydroxylation is 1. The Morgan fingerprint density at radius 3 is 2.70 bits per heavy atom. The molecule has 2 heterocycles. The van der Waals surface area contributed by atoms with Gasteiger partial charge in [-0.3, -0.25) is 4.79 Å². The molecule has 3 rings (SSSR count). The quantitative estimate of drug-likeness (QED) is 0.944. The summed E-state index contributed by atoms with van der Waals surface area (Å²) in [4.78, 5) is 22.7. The van der Waals surface area contributed by atoms with Crippen molar-refractivity contribution in [2.24, 2.45) is 0 Å². The molecule has 1 amide bonds. The summed E-state index contributed by atoms with van der Waals surface area (Å²) < 4.78 is 0. The molecular formula is C19H25N3O. The molecule has 0 spiro atoms. The van der Waals surface area contributed by atoms with E-state index in [4.69, 9.17) is 0 Å². The number of aromatic amines is 1. The van der Waals surface area contributed by atoms with Crippen molar-refractivity contribution in [3.8, 4) is 0 Å². The van der Waals surface area contributed by atoms with E-state index in [1.54, 1.807) is 6.20 Å². The zero-order valence-corrected chi connectivity index (χ0v) is 14.2. The van der Waals surface area contributed by atoms with Crippen LogP contribution in [0.5, 0.6) is 0 Å². The lowest BCUT2D eigenvalue weighted by molar-refractivity contribution is -0.137. The van der Waals surface area contributed by atoms with Crippen molar-refractivity contribution in [2.45, 2.75) is 44.9 Å². The molecule has 1 atom stereocenters. The average Bonchev–Trinajstić information content (AvgIpc) is 3.09. The number of piperidine rings is 1. The van der Waals surface area contributed by atoms with Gasteiger partial charge in [0.15, 0.2) is 0 Å². The van der Waals surface area contributed by atoms with Crippen LogP contribution >= 0.6 is 0 Å². The summed E-state index contributed by atoms with van der Waals surface area (Å²) in [5.74, 6) is 1.52. The lowest BCUT2D eigenvalue weighted by atomic mass is 9.82. The van der Waals surface area contributed by atoms with Crippen LogP contribution in [0.25, 0.3) is 0 Å². The van der Waals surface area contributed by atoms with Crippen LogP contribution < -0.4 is 0 Å². The van der Waals surface area contributed by atoms with E-state index in [1.807, 2.05) is 24.9 Å². The lowest BCUT2D eigenvalue weighted by Crippen LogP contribution is -2.47. The van der Waals surface area contributed by atoms with Crippen molar-refractivity contribution >= 4 is 5.91 Å². The maximum absolute atomic E-state index is 13.1. The molecule has 1 N–H and O–H groups in total. The van der Waals surface area contributed by atoms with Crippen molar-refractivity contribution in [1.29, 1.82) is 0 Å². The number of hydrogen-bond donors (Lipinski definition) is 1. The van der Waals surface area contributed by atoms with Crippen LogP contribution in [-0.4, -0.2) is 33.9 Å². The molecule has 2 aromatic rings. The third-order valence-corrected chi connectivity index (χ3v) is 4.92. The number of benzene rings is 1. The van der Waals surface area contributed by atoms with Gasteiger partial charge < -0.3 is 9.88 Å². The number of nitrogens with zero attached hydrogens (tertiary/aromatic N) is 2. The highest BCUT2D eigenvalue weighted by Crippen LogP contribution is 2.30. The van der Waals surface area contributed by atoms with Crippen molar-refractivity contribution in [3.05, 3.63) is 53.6 Å². The molecule has 4 heteroatoms. The first-order valence-corrected chi connectivity index (χ1v) is 8.34. The molecule has 0 saturated carbocycles. The zero-order valence-electron chi connectivity index (χ0n) is 14.2. The van der Waals surface area contributed by atoms with Gasteiger partial charge in [0.2, 0.25) is 5.91 Å². The molecule has 1 aromatic carbocycles. The minimum absolute atomic E-state index is 0.206. The highest BCUT2D eigenvalue weighted by atomic mass is 16.2. The Labute approximate surface area is 137 Å². The minimum atomic E-state index is -0.501. The van der Waals surface area contributed by atoms with Crippen LogP contribution in [0.2, 0.25) is 0 Å². The predicted molar refractivity (Wildman–Crippen MR) is 91.3 cm³/mol. The van der Waals surface area contributed by atoms with Crippen LogP contribution in [0.3, 0.4) is 0 Å². The summed E-state index contributed by atoms with van der Waals surface area (Å²) >= 11 is 0. The van der Waals surface area contributed by atoms with E-state index in [9.17, 15) is 4.79 Å². The second-order valence-corrected chi connectivity index (χ2v) is 7.06. The van der Waals surface area contributed by atoms with E-state index < -0.39 is 5.41 Å². The first-order chi connectivity index (χ1) is 11.0. The molecule has 122 valence electrons. The van der Waals surface area contributed by atoms with E-state index in [0.717, 1.165) is 37.3 Å². The van der Waals surface area contributed by atoms with Gasteiger partial charge >= 0.3 is 0 Å². The van der Waals surface area contributed by atoms with E-state index in [1.165, 1.54) is 5.56 Å². The van der Waals surface area contributed by atoms with Gasteiger partial charge in [-0.05, 0) is 39.2 Å². The van der Waals surface area contributed by atoms with Gasteiger partial charge in [0.05, 0.1) is 5.41 Å². The van der Waals surface area contributed by atoms with Crippen molar-refractivity contribution in [1.82, 2.24) is 14.9 Å². The third-order valence-electron chi connectivity index (χ3n) is 4.92. The fourth-order valence-electron chi connectivity index (χ4n) is 3.37. The summed E-state index contributed by atoms with van der Waals surface area (Å²) in [5.41, 5.74) is 1.79. The Morgan fingerprint density at radius 1 is 1.30 bits per heavy atom. The van der Waals surface area contributed by atoms with Crippen LogP contribution in [0.1, 0.15) is 49.6 Å². The number of likely N-dealkylation sites (tertiary alicyclic amines) is 1. The normalized spacial score (nSPS) is 18.9. The van der Waals surface area contributed by atoms with E-state index >= 15 is 0 Å². The summed E-state index contributed by atoms with van der Waals surface area (Å²) in [6.07, 6.45) is 5.75. The second-order valence-electron chi connectivity index (χ2n) is 7.06. The van der Waals surface area contributed by atoms with Gasteiger partial charge in [0.25, 0.3) is 0 Å².